The molecule has 10 nitrogen and oxygen atoms in total. The van der Waals surface area contributed by atoms with Crippen molar-refractivity contribution in [1.82, 2.24) is 9.80 Å². The number of carbonyl (C=O) groups is 5. The summed E-state index contributed by atoms with van der Waals surface area (Å²) in [5.41, 5.74) is 2.12. The van der Waals surface area contributed by atoms with E-state index in [4.69, 9.17) is 16.3 Å². The molecule has 1 aliphatic heterocycles. The third-order valence-electron chi connectivity index (χ3n) is 10.5. The number of Topliss-reactive ketones (excluding diaryl/α,β-unsaturated/α-hetero) is 1. The highest BCUT2D eigenvalue weighted by atomic mass is 35.5. The van der Waals surface area contributed by atoms with Gasteiger partial charge < -0.3 is 20.3 Å². The number of halogens is 1. The van der Waals surface area contributed by atoms with Crippen molar-refractivity contribution in [2.75, 3.05) is 17.2 Å². The summed E-state index contributed by atoms with van der Waals surface area (Å²) in [7, 11) is 0. The Morgan fingerprint density at radius 2 is 1.46 bits per heavy atom. The maximum atomic E-state index is 14.0. The molecule has 1 fully saturated rings. The highest BCUT2D eigenvalue weighted by Crippen LogP contribution is 2.39. The predicted octanol–water partition coefficient (Wildman–Crippen LogP) is 8.90. The highest BCUT2D eigenvalue weighted by molar-refractivity contribution is 6.34. The van der Waals surface area contributed by atoms with E-state index in [1.807, 2.05) is 43.3 Å². The van der Waals surface area contributed by atoms with E-state index in [1.165, 1.54) is 22.6 Å². The number of nitrogens with one attached hydrogen (secondary N) is 2. The van der Waals surface area contributed by atoms with Gasteiger partial charge in [-0.3, -0.25) is 19.2 Å². The van der Waals surface area contributed by atoms with Crippen LogP contribution < -0.4 is 15.4 Å². The smallest absolute Gasteiger partial charge is 0.328 e. The van der Waals surface area contributed by atoms with Crippen LogP contribution in [-0.4, -0.2) is 58.0 Å². The van der Waals surface area contributed by atoms with Crippen LogP contribution in [0.1, 0.15) is 105 Å². The normalized spacial score (nSPS) is 14.9. The SMILES string of the molecule is CCC(Oc1ccc(C(C)(C)CC)cc1C(C)(C)CC)C(=O)Nc1ccc(Cl)c(NC(=O)C(C(=O)C(C)(C)C)N2C(=O)CN(Cc3ccccc3)C2=O)c1. The maximum absolute atomic E-state index is 14.0. The minimum atomic E-state index is -1.76. The van der Waals surface area contributed by atoms with Crippen LogP contribution in [0.4, 0.5) is 16.2 Å². The number of imide groups is 1. The summed E-state index contributed by atoms with van der Waals surface area (Å²) in [5.74, 6) is -1.95. The fraction of sp³-hybridized carbons (Fsp3) is 0.465. The summed E-state index contributed by atoms with van der Waals surface area (Å²) in [5, 5.41) is 5.66. The quantitative estimate of drug-likeness (QED) is 0.118. The van der Waals surface area contributed by atoms with Crippen molar-refractivity contribution in [2.24, 2.45) is 5.41 Å². The highest BCUT2D eigenvalue weighted by Gasteiger charge is 2.49. The molecule has 3 aromatic carbocycles. The first-order chi connectivity index (χ1) is 25.2. The first-order valence-electron chi connectivity index (χ1n) is 18.7. The Morgan fingerprint density at radius 1 is 0.815 bits per heavy atom. The minimum absolute atomic E-state index is 0.0252. The second-order valence-electron chi connectivity index (χ2n) is 16.3. The number of urea groups is 1. The number of carbonyl (C=O) groups excluding carboxylic acids is 5. The molecule has 0 bridgehead atoms. The molecule has 0 saturated carbocycles. The molecule has 2 N–H and O–H groups in total. The zero-order chi connectivity index (χ0) is 40.2. The van der Waals surface area contributed by atoms with Crippen molar-refractivity contribution in [3.63, 3.8) is 0 Å². The van der Waals surface area contributed by atoms with Gasteiger partial charge in [0.2, 0.25) is 0 Å². The molecular formula is C43H55ClN4O6. The van der Waals surface area contributed by atoms with E-state index >= 15 is 0 Å². The third kappa shape index (κ3) is 9.50. The summed E-state index contributed by atoms with van der Waals surface area (Å²) >= 11 is 6.51. The van der Waals surface area contributed by atoms with E-state index in [0.717, 1.165) is 28.9 Å². The molecule has 0 aliphatic carbocycles. The van der Waals surface area contributed by atoms with Gasteiger partial charge >= 0.3 is 6.03 Å². The molecule has 1 aliphatic rings. The molecule has 1 saturated heterocycles. The number of hydrogen-bond donors (Lipinski definition) is 2. The van der Waals surface area contributed by atoms with Gasteiger partial charge in [-0.05, 0) is 65.5 Å². The number of anilines is 2. The first-order valence-corrected chi connectivity index (χ1v) is 19.0. The number of nitrogens with zero attached hydrogens (tertiary/aromatic N) is 2. The molecule has 0 spiro atoms. The van der Waals surface area contributed by atoms with E-state index in [2.05, 4.69) is 64.3 Å². The lowest BCUT2D eigenvalue weighted by atomic mass is 9.76. The Labute approximate surface area is 325 Å². The minimum Gasteiger partial charge on any atom is -0.480 e. The number of hydrogen-bond acceptors (Lipinski definition) is 6. The zero-order valence-electron chi connectivity index (χ0n) is 33.3. The lowest BCUT2D eigenvalue weighted by Crippen LogP contribution is -2.55. The molecule has 1 heterocycles. The van der Waals surface area contributed by atoms with Gasteiger partial charge in [-0.2, -0.15) is 0 Å². The number of amides is 5. The molecule has 54 heavy (non-hydrogen) atoms. The average molecular weight is 759 g/mol. The van der Waals surface area contributed by atoms with Gasteiger partial charge in [0.15, 0.2) is 17.9 Å². The van der Waals surface area contributed by atoms with Gasteiger partial charge in [0, 0.05) is 23.2 Å². The van der Waals surface area contributed by atoms with Crippen molar-refractivity contribution in [3.8, 4) is 5.75 Å². The Balaban J connectivity index is 1.57. The Hall–Kier alpha value is -4.70. The zero-order valence-corrected chi connectivity index (χ0v) is 34.0. The van der Waals surface area contributed by atoms with E-state index in [0.29, 0.717) is 17.9 Å². The molecule has 0 radical (unpaired) electrons. The summed E-state index contributed by atoms with van der Waals surface area (Å²) in [6, 6.07) is 17.4. The maximum Gasteiger partial charge on any atom is 0.328 e. The van der Waals surface area contributed by atoms with Crippen LogP contribution >= 0.6 is 11.6 Å². The average Bonchev–Trinajstić information content (AvgIpc) is 3.39. The molecule has 5 amide bonds. The topological polar surface area (TPSA) is 125 Å². The molecule has 3 aromatic rings. The van der Waals surface area contributed by atoms with Gasteiger partial charge in [-0.15, -0.1) is 0 Å². The number of ether oxygens (including phenoxy) is 1. The van der Waals surface area contributed by atoms with Gasteiger partial charge in [-0.1, -0.05) is 123 Å². The standard InChI is InChI=1S/C43H55ClN4O6/c1-11-33(54-34-22-19-28(42(7,8)12-2)23-30(34)43(9,10)13-3)38(51)45-29-20-21-31(44)32(24-29)46-39(52)36(37(50)41(4,5)6)48-35(49)26-47(40(48)53)25-27-17-15-14-16-18-27/h14-24,33,36H,11-13,25-26H2,1-10H3,(H,45,51)(H,46,52). The van der Waals surface area contributed by atoms with Crippen LogP contribution in [0.25, 0.3) is 0 Å². The monoisotopic (exact) mass is 758 g/mol. The lowest BCUT2D eigenvalue weighted by molar-refractivity contribution is -0.143. The van der Waals surface area contributed by atoms with Crippen LogP contribution in [-0.2, 0) is 36.6 Å². The van der Waals surface area contributed by atoms with Crippen LogP contribution in [0.3, 0.4) is 0 Å². The fourth-order valence-corrected chi connectivity index (χ4v) is 6.25. The summed E-state index contributed by atoms with van der Waals surface area (Å²) < 4.78 is 6.43. The lowest BCUT2D eigenvalue weighted by Gasteiger charge is -2.31. The van der Waals surface area contributed by atoms with Gasteiger partial charge in [0.25, 0.3) is 17.7 Å². The summed E-state index contributed by atoms with van der Waals surface area (Å²) in [6.45, 7) is 19.6. The second kappa shape index (κ2) is 16.8. The Bertz CT molecular complexity index is 1880. The van der Waals surface area contributed by atoms with Crippen molar-refractivity contribution in [3.05, 3.63) is 88.4 Å². The molecular weight excluding hydrogens is 704 g/mol. The molecule has 11 heteroatoms. The van der Waals surface area contributed by atoms with Crippen LogP contribution in [0.2, 0.25) is 5.02 Å². The van der Waals surface area contributed by atoms with E-state index in [1.54, 1.807) is 26.8 Å². The van der Waals surface area contributed by atoms with Gasteiger partial charge in [-0.25, -0.2) is 9.69 Å². The molecule has 0 aromatic heterocycles. The van der Waals surface area contributed by atoms with Crippen LogP contribution in [0.15, 0.2) is 66.7 Å². The number of benzene rings is 3. The molecule has 2 unspecified atom stereocenters. The molecule has 2 atom stereocenters. The Morgan fingerprint density at radius 3 is 2.06 bits per heavy atom. The van der Waals surface area contributed by atoms with Crippen molar-refractivity contribution in [2.45, 2.75) is 118 Å². The fourth-order valence-electron chi connectivity index (χ4n) is 6.09. The van der Waals surface area contributed by atoms with Crippen molar-refractivity contribution in [1.29, 1.82) is 0 Å². The third-order valence-corrected chi connectivity index (χ3v) is 10.8. The van der Waals surface area contributed by atoms with E-state index in [-0.39, 0.29) is 34.6 Å². The molecule has 4 rings (SSSR count). The van der Waals surface area contributed by atoms with Crippen LogP contribution in [0, 0.1) is 5.41 Å². The van der Waals surface area contributed by atoms with Crippen molar-refractivity contribution >= 4 is 52.5 Å². The van der Waals surface area contributed by atoms with Crippen molar-refractivity contribution < 1.29 is 28.7 Å². The second-order valence-corrected chi connectivity index (χ2v) is 16.7. The van der Waals surface area contributed by atoms with Gasteiger partial charge in [0.1, 0.15) is 12.3 Å². The molecule has 290 valence electrons. The number of ketones is 1. The summed E-state index contributed by atoms with van der Waals surface area (Å²) in [6.07, 6.45) is 1.39. The van der Waals surface area contributed by atoms with E-state index < -0.39 is 47.1 Å². The van der Waals surface area contributed by atoms with E-state index in [9.17, 15) is 24.0 Å². The van der Waals surface area contributed by atoms with Gasteiger partial charge in [0.05, 0.1) is 10.7 Å². The Kier molecular flexibility index (Phi) is 13.0. The van der Waals surface area contributed by atoms with Crippen LogP contribution in [0.5, 0.6) is 5.75 Å². The largest absolute Gasteiger partial charge is 0.480 e. The summed E-state index contributed by atoms with van der Waals surface area (Å²) in [4.78, 5) is 70.3. The first kappa shape index (κ1) is 42.0. The number of rotatable bonds is 15. The predicted molar refractivity (Wildman–Crippen MR) is 214 cm³/mol.